The molecule has 1 aliphatic heterocycles. The molecule has 1 aromatic carbocycles. The second kappa shape index (κ2) is 16.4. The summed E-state index contributed by atoms with van der Waals surface area (Å²) in [5, 5.41) is 6.65. The van der Waals surface area contributed by atoms with Crippen molar-refractivity contribution in [3.8, 4) is 11.5 Å². The van der Waals surface area contributed by atoms with E-state index in [1.807, 2.05) is 18.2 Å². The number of hydrogen-bond acceptors (Lipinski definition) is 5. The van der Waals surface area contributed by atoms with Gasteiger partial charge in [0.05, 0.1) is 33.5 Å². The molecule has 30 heavy (non-hydrogen) atoms. The number of rotatable bonds is 13. The summed E-state index contributed by atoms with van der Waals surface area (Å²) in [5.41, 5.74) is 1.07. The van der Waals surface area contributed by atoms with Gasteiger partial charge in [0.1, 0.15) is 0 Å². The third-order valence-corrected chi connectivity index (χ3v) is 4.59. The molecule has 1 heterocycles. The fourth-order valence-electron chi connectivity index (χ4n) is 3.00. The van der Waals surface area contributed by atoms with Gasteiger partial charge in [-0.25, -0.2) is 4.99 Å². The number of ether oxygens (including phenoxy) is 4. The minimum Gasteiger partial charge on any atom is -0.493 e. The van der Waals surface area contributed by atoms with Crippen LogP contribution in [0.25, 0.3) is 0 Å². The Kier molecular flexibility index (Phi) is 14.7. The lowest BCUT2D eigenvalue weighted by Crippen LogP contribution is -2.38. The SMILES string of the molecule is CCCOc1ccc(CN=C(NCC)NCCCOCC2CCOC2)cc1OC.I. The van der Waals surface area contributed by atoms with E-state index in [9.17, 15) is 0 Å². The minimum absolute atomic E-state index is 0. The topological polar surface area (TPSA) is 73.3 Å². The summed E-state index contributed by atoms with van der Waals surface area (Å²) in [6.07, 6.45) is 3.02. The highest BCUT2D eigenvalue weighted by Gasteiger charge is 2.15. The van der Waals surface area contributed by atoms with E-state index in [1.54, 1.807) is 7.11 Å². The van der Waals surface area contributed by atoms with Crippen LogP contribution in [0.4, 0.5) is 0 Å². The Bertz CT molecular complexity index is 610. The summed E-state index contributed by atoms with van der Waals surface area (Å²) >= 11 is 0. The molecule has 0 amide bonds. The Morgan fingerprint density at radius 3 is 2.77 bits per heavy atom. The molecule has 1 aromatic rings. The van der Waals surface area contributed by atoms with Gasteiger partial charge < -0.3 is 29.6 Å². The summed E-state index contributed by atoms with van der Waals surface area (Å²) < 4.78 is 22.3. The second-order valence-electron chi connectivity index (χ2n) is 7.11. The third-order valence-electron chi connectivity index (χ3n) is 4.59. The zero-order chi connectivity index (χ0) is 20.7. The Morgan fingerprint density at radius 2 is 2.07 bits per heavy atom. The molecule has 2 rings (SSSR count). The van der Waals surface area contributed by atoms with Crippen molar-refractivity contribution in [2.75, 3.05) is 53.2 Å². The van der Waals surface area contributed by atoms with Gasteiger partial charge in [-0.05, 0) is 43.9 Å². The van der Waals surface area contributed by atoms with Crippen molar-refractivity contribution in [2.24, 2.45) is 10.9 Å². The first-order valence-electron chi connectivity index (χ1n) is 10.7. The first-order chi connectivity index (χ1) is 14.3. The number of methoxy groups -OCH3 is 1. The van der Waals surface area contributed by atoms with Gasteiger partial charge in [-0.3, -0.25) is 0 Å². The number of halogens is 1. The van der Waals surface area contributed by atoms with E-state index in [0.717, 1.165) is 81.8 Å². The van der Waals surface area contributed by atoms with Crippen molar-refractivity contribution in [3.05, 3.63) is 23.8 Å². The monoisotopic (exact) mass is 535 g/mol. The van der Waals surface area contributed by atoms with Crippen LogP contribution < -0.4 is 20.1 Å². The van der Waals surface area contributed by atoms with E-state index in [4.69, 9.17) is 18.9 Å². The Balaban J connectivity index is 0.00000450. The van der Waals surface area contributed by atoms with Crippen LogP contribution >= 0.6 is 24.0 Å². The minimum atomic E-state index is 0. The molecule has 0 aromatic heterocycles. The van der Waals surface area contributed by atoms with Crippen LogP contribution in [0.15, 0.2) is 23.2 Å². The van der Waals surface area contributed by atoms with Crippen LogP contribution in [0, 0.1) is 5.92 Å². The zero-order valence-electron chi connectivity index (χ0n) is 18.6. The van der Waals surface area contributed by atoms with Crippen molar-refractivity contribution in [1.82, 2.24) is 10.6 Å². The summed E-state index contributed by atoms with van der Waals surface area (Å²) in [6, 6.07) is 5.96. The molecule has 1 aliphatic rings. The highest BCUT2D eigenvalue weighted by atomic mass is 127. The van der Waals surface area contributed by atoms with Gasteiger partial charge in [-0.15, -0.1) is 24.0 Å². The number of nitrogens with one attached hydrogen (secondary N) is 2. The largest absolute Gasteiger partial charge is 0.493 e. The van der Waals surface area contributed by atoms with Crippen molar-refractivity contribution in [2.45, 2.75) is 39.7 Å². The molecule has 1 fully saturated rings. The molecule has 172 valence electrons. The van der Waals surface area contributed by atoms with Gasteiger partial charge >= 0.3 is 0 Å². The molecule has 1 atom stereocenters. The first kappa shape index (κ1) is 26.8. The van der Waals surface area contributed by atoms with Gasteiger partial charge in [0.2, 0.25) is 0 Å². The lowest BCUT2D eigenvalue weighted by Gasteiger charge is -2.13. The zero-order valence-corrected chi connectivity index (χ0v) is 20.9. The Labute approximate surface area is 198 Å². The fraction of sp³-hybridized carbons (Fsp3) is 0.682. The van der Waals surface area contributed by atoms with E-state index in [1.165, 1.54) is 0 Å². The molecule has 1 saturated heterocycles. The average Bonchev–Trinajstić information content (AvgIpc) is 3.26. The molecular weight excluding hydrogens is 497 g/mol. The fourth-order valence-corrected chi connectivity index (χ4v) is 3.00. The highest BCUT2D eigenvalue weighted by molar-refractivity contribution is 14.0. The first-order valence-corrected chi connectivity index (χ1v) is 10.7. The van der Waals surface area contributed by atoms with Crippen molar-refractivity contribution in [3.63, 3.8) is 0 Å². The summed E-state index contributed by atoms with van der Waals surface area (Å²) in [4.78, 5) is 4.67. The average molecular weight is 535 g/mol. The predicted octanol–water partition coefficient (Wildman–Crippen LogP) is 3.60. The van der Waals surface area contributed by atoms with Crippen LogP contribution in [-0.2, 0) is 16.0 Å². The number of aliphatic imine (C=N–C) groups is 1. The quantitative estimate of drug-likeness (QED) is 0.174. The number of guanidine groups is 1. The number of nitrogens with zero attached hydrogens (tertiary/aromatic N) is 1. The molecule has 7 nitrogen and oxygen atoms in total. The summed E-state index contributed by atoms with van der Waals surface area (Å²) in [6.45, 7) is 10.3. The summed E-state index contributed by atoms with van der Waals surface area (Å²) in [7, 11) is 1.66. The maximum Gasteiger partial charge on any atom is 0.191 e. The lowest BCUT2D eigenvalue weighted by molar-refractivity contribution is 0.0888. The van der Waals surface area contributed by atoms with E-state index >= 15 is 0 Å². The van der Waals surface area contributed by atoms with Gasteiger partial charge in [0.25, 0.3) is 0 Å². The molecule has 0 aliphatic carbocycles. The summed E-state index contributed by atoms with van der Waals surface area (Å²) in [5.74, 6) is 2.89. The molecular formula is C22H38IN3O4. The second-order valence-corrected chi connectivity index (χ2v) is 7.11. The number of hydrogen-bond donors (Lipinski definition) is 2. The van der Waals surface area contributed by atoms with E-state index in [2.05, 4.69) is 29.5 Å². The molecule has 2 N–H and O–H groups in total. The van der Waals surface area contributed by atoms with Crippen LogP contribution in [-0.4, -0.2) is 59.2 Å². The number of benzene rings is 1. The van der Waals surface area contributed by atoms with Gasteiger partial charge in [0, 0.05) is 32.2 Å². The van der Waals surface area contributed by atoms with E-state index in [0.29, 0.717) is 19.1 Å². The predicted molar refractivity (Wildman–Crippen MR) is 131 cm³/mol. The van der Waals surface area contributed by atoms with Crippen molar-refractivity contribution < 1.29 is 18.9 Å². The molecule has 8 heteroatoms. The Morgan fingerprint density at radius 1 is 1.20 bits per heavy atom. The molecule has 0 spiro atoms. The van der Waals surface area contributed by atoms with Gasteiger partial charge in [0.15, 0.2) is 17.5 Å². The third kappa shape index (κ3) is 10.2. The maximum absolute atomic E-state index is 5.75. The van der Waals surface area contributed by atoms with Gasteiger partial charge in [-0.2, -0.15) is 0 Å². The molecule has 1 unspecified atom stereocenters. The van der Waals surface area contributed by atoms with E-state index in [-0.39, 0.29) is 24.0 Å². The van der Waals surface area contributed by atoms with Crippen LogP contribution in [0.5, 0.6) is 11.5 Å². The van der Waals surface area contributed by atoms with Crippen LogP contribution in [0.3, 0.4) is 0 Å². The van der Waals surface area contributed by atoms with Crippen molar-refractivity contribution >= 4 is 29.9 Å². The van der Waals surface area contributed by atoms with Gasteiger partial charge in [-0.1, -0.05) is 13.0 Å². The molecule has 0 saturated carbocycles. The highest BCUT2D eigenvalue weighted by Crippen LogP contribution is 2.28. The Hall–Kier alpha value is -1.26. The van der Waals surface area contributed by atoms with Crippen LogP contribution in [0.1, 0.15) is 38.7 Å². The van der Waals surface area contributed by atoms with E-state index < -0.39 is 0 Å². The standard InChI is InChI=1S/C22H37N3O4.HI/c1-4-11-29-20-8-7-18(14-21(20)26-3)15-25-22(23-5-2)24-10-6-12-27-16-19-9-13-28-17-19;/h7-8,14,19H,4-6,9-13,15-17H2,1-3H3,(H2,23,24,25);1H. The lowest BCUT2D eigenvalue weighted by atomic mass is 10.1. The molecule has 0 bridgehead atoms. The maximum atomic E-state index is 5.75. The smallest absolute Gasteiger partial charge is 0.191 e. The van der Waals surface area contributed by atoms with Crippen LogP contribution in [0.2, 0.25) is 0 Å². The molecule has 0 radical (unpaired) electrons. The normalized spacial score (nSPS) is 16.1. The van der Waals surface area contributed by atoms with Crippen molar-refractivity contribution in [1.29, 1.82) is 0 Å².